The molecular formula is C13H12ClN3. The number of imidazole rings is 1. The second-order valence-corrected chi connectivity index (χ2v) is 3.75. The molecule has 0 saturated carbocycles. The van der Waals surface area contributed by atoms with Crippen LogP contribution >= 0.6 is 0 Å². The number of nitrogens with zero attached hydrogens (tertiary/aromatic N) is 2. The lowest BCUT2D eigenvalue weighted by Crippen LogP contribution is -3.00. The highest BCUT2D eigenvalue weighted by Crippen LogP contribution is 2.09. The van der Waals surface area contributed by atoms with Gasteiger partial charge in [-0.25, -0.2) is 4.98 Å². The minimum absolute atomic E-state index is 0. The average Bonchev–Trinajstić information content (AvgIpc) is 2.72. The molecule has 2 aromatic heterocycles. The molecule has 0 unspecified atom stereocenters. The SMILES string of the molecule is [Cl-].c1cc[n+](Cc2nc3ccccc3[nH]2)cc1. The van der Waals surface area contributed by atoms with E-state index in [9.17, 15) is 0 Å². The molecule has 17 heavy (non-hydrogen) atoms. The highest BCUT2D eigenvalue weighted by molar-refractivity contribution is 5.74. The number of aromatic nitrogens is 3. The number of rotatable bonds is 2. The Morgan fingerprint density at radius 3 is 2.53 bits per heavy atom. The lowest BCUT2D eigenvalue weighted by molar-refractivity contribution is -0.689. The van der Waals surface area contributed by atoms with Gasteiger partial charge in [-0.1, -0.05) is 18.2 Å². The van der Waals surface area contributed by atoms with Crippen LogP contribution in [0.3, 0.4) is 0 Å². The van der Waals surface area contributed by atoms with Crippen molar-refractivity contribution in [2.24, 2.45) is 0 Å². The monoisotopic (exact) mass is 245 g/mol. The van der Waals surface area contributed by atoms with Crippen LogP contribution in [0.25, 0.3) is 11.0 Å². The summed E-state index contributed by atoms with van der Waals surface area (Å²) in [6, 6.07) is 14.1. The molecule has 0 aliphatic rings. The van der Waals surface area contributed by atoms with Gasteiger partial charge >= 0.3 is 0 Å². The van der Waals surface area contributed by atoms with Gasteiger partial charge in [0.05, 0.1) is 11.0 Å². The summed E-state index contributed by atoms with van der Waals surface area (Å²) >= 11 is 0. The van der Waals surface area contributed by atoms with Crippen LogP contribution in [0.4, 0.5) is 0 Å². The minimum Gasteiger partial charge on any atom is -1.00 e. The number of nitrogens with one attached hydrogen (secondary N) is 1. The summed E-state index contributed by atoms with van der Waals surface area (Å²) in [7, 11) is 0. The minimum atomic E-state index is 0. The van der Waals surface area contributed by atoms with Gasteiger partial charge in [0.15, 0.2) is 18.2 Å². The quantitative estimate of drug-likeness (QED) is 0.572. The van der Waals surface area contributed by atoms with Crippen LogP contribution in [-0.4, -0.2) is 9.97 Å². The Hall–Kier alpha value is -1.87. The second-order valence-electron chi connectivity index (χ2n) is 3.75. The van der Waals surface area contributed by atoms with E-state index in [0.717, 1.165) is 23.4 Å². The Labute approximate surface area is 106 Å². The van der Waals surface area contributed by atoms with Crippen LogP contribution < -0.4 is 17.0 Å². The fourth-order valence-corrected chi connectivity index (χ4v) is 1.79. The molecule has 0 radical (unpaired) electrons. The molecule has 0 aliphatic heterocycles. The first kappa shape index (κ1) is 11.6. The summed E-state index contributed by atoms with van der Waals surface area (Å²) < 4.78 is 2.09. The number of hydrogen-bond acceptors (Lipinski definition) is 1. The van der Waals surface area contributed by atoms with Crippen molar-refractivity contribution in [2.45, 2.75) is 6.54 Å². The molecule has 3 nitrogen and oxygen atoms in total. The van der Waals surface area contributed by atoms with E-state index in [4.69, 9.17) is 0 Å². The fourth-order valence-electron chi connectivity index (χ4n) is 1.79. The van der Waals surface area contributed by atoms with E-state index in [2.05, 4.69) is 14.5 Å². The summed E-state index contributed by atoms with van der Waals surface area (Å²) in [5, 5.41) is 0. The number of pyridine rings is 1. The normalized spacial score (nSPS) is 10.1. The van der Waals surface area contributed by atoms with Crippen LogP contribution in [0.1, 0.15) is 5.82 Å². The third-order valence-corrected chi connectivity index (χ3v) is 2.55. The molecule has 0 spiro atoms. The molecule has 0 fully saturated rings. The van der Waals surface area contributed by atoms with E-state index >= 15 is 0 Å². The summed E-state index contributed by atoms with van der Waals surface area (Å²) in [6.45, 7) is 0.773. The van der Waals surface area contributed by atoms with E-state index < -0.39 is 0 Å². The predicted molar refractivity (Wildman–Crippen MR) is 61.8 cm³/mol. The molecule has 2 heterocycles. The molecule has 0 atom stereocenters. The lowest BCUT2D eigenvalue weighted by atomic mass is 10.3. The number of para-hydroxylation sites is 2. The highest BCUT2D eigenvalue weighted by Gasteiger charge is 2.06. The summed E-state index contributed by atoms with van der Waals surface area (Å²) in [5.41, 5.74) is 2.11. The zero-order valence-corrected chi connectivity index (χ0v) is 9.93. The summed E-state index contributed by atoms with van der Waals surface area (Å²) in [6.07, 6.45) is 4.07. The van der Waals surface area contributed by atoms with Gasteiger partial charge in [-0.2, -0.15) is 4.57 Å². The van der Waals surface area contributed by atoms with Crippen molar-refractivity contribution in [1.82, 2.24) is 9.97 Å². The standard InChI is InChI=1S/C13H12N3.ClH/c1-4-8-16(9-5-1)10-13-14-11-6-2-3-7-12(11)15-13;/h1-9H,10H2,(H,14,15);1H/q+1;/p-1. The topological polar surface area (TPSA) is 32.6 Å². The number of benzene rings is 1. The van der Waals surface area contributed by atoms with E-state index in [-0.39, 0.29) is 12.4 Å². The molecule has 86 valence electrons. The number of H-pyrrole nitrogens is 1. The predicted octanol–water partition coefficient (Wildman–Crippen LogP) is -1.10. The number of fused-ring (bicyclic) bond motifs is 1. The molecule has 1 aromatic carbocycles. The van der Waals surface area contributed by atoms with Gasteiger partial charge in [0.1, 0.15) is 0 Å². The zero-order chi connectivity index (χ0) is 10.8. The Bertz CT molecular complexity index is 571. The molecule has 3 aromatic rings. The fraction of sp³-hybridized carbons (Fsp3) is 0.0769. The van der Waals surface area contributed by atoms with Crippen molar-refractivity contribution in [3.63, 3.8) is 0 Å². The molecule has 0 bridgehead atoms. The Kier molecular flexibility index (Phi) is 3.40. The summed E-state index contributed by atoms with van der Waals surface area (Å²) in [5.74, 6) is 0.984. The molecular weight excluding hydrogens is 234 g/mol. The maximum absolute atomic E-state index is 4.53. The van der Waals surface area contributed by atoms with Gasteiger partial charge in [0.25, 0.3) is 0 Å². The van der Waals surface area contributed by atoms with Crippen LogP contribution in [-0.2, 0) is 6.54 Å². The molecule has 0 aliphatic carbocycles. The second kappa shape index (κ2) is 4.97. The van der Waals surface area contributed by atoms with Crippen LogP contribution in [0, 0.1) is 0 Å². The van der Waals surface area contributed by atoms with E-state index in [1.54, 1.807) is 0 Å². The van der Waals surface area contributed by atoms with Gasteiger partial charge in [-0.05, 0) is 12.1 Å². The number of hydrogen-bond donors (Lipinski definition) is 1. The first-order valence-electron chi connectivity index (χ1n) is 5.29. The van der Waals surface area contributed by atoms with Crippen LogP contribution in [0.5, 0.6) is 0 Å². The first-order chi connectivity index (χ1) is 7.92. The Morgan fingerprint density at radius 2 is 1.76 bits per heavy atom. The zero-order valence-electron chi connectivity index (χ0n) is 9.18. The van der Waals surface area contributed by atoms with Crippen molar-refractivity contribution in [3.05, 3.63) is 60.7 Å². The van der Waals surface area contributed by atoms with Crippen molar-refractivity contribution < 1.29 is 17.0 Å². The Morgan fingerprint density at radius 1 is 1.00 bits per heavy atom. The smallest absolute Gasteiger partial charge is 0.205 e. The molecule has 4 heteroatoms. The number of aromatic amines is 1. The van der Waals surface area contributed by atoms with E-state index in [1.165, 1.54) is 0 Å². The van der Waals surface area contributed by atoms with E-state index in [0.29, 0.717) is 0 Å². The van der Waals surface area contributed by atoms with Gasteiger partial charge in [-0.3, -0.25) is 0 Å². The molecule has 3 rings (SSSR count). The molecule has 0 saturated heterocycles. The van der Waals surface area contributed by atoms with Crippen molar-refractivity contribution >= 4 is 11.0 Å². The van der Waals surface area contributed by atoms with Gasteiger partial charge < -0.3 is 17.4 Å². The molecule has 1 N–H and O–H groups in total. The van der Waals surface area contributed by atoms with Crippen LogP contribution in [0.2, 0.25) is 0 Å². The Balaban J connectivity index is 0.00000108. The van der Waals surface area contributed by atoms with Gasteiger partial charge in [0, 0.05) is 12.1 Å². The molecule has 0 amide bonds. The maximum Gasteiger partial charge on any atom is 0.205 e. The number of halogens is 1. The van der Waals surface area contributed by atoms with Crippen LogP contribution in [0.15, 0.2) is 54.9 Å². The first-order valence-corrected chi connectivity index (χ1v) is 5.29. The average molecular weight is 246 g/mol. The van der Waals surface area contributed by atoms with Crippen molar-refractivity contribution in [3.8, 4) is 0 Å². The third kappa shape index (κ3) is 2.45. The van der Waals surface area contributed by atoms with Gasteiger partial charge in [-0.15, -0.1) is 0 Å². The third-order valence-electron chi connectivity index (χ3n) is 2.55. The maximum atomic E-state index is 4.53. The lowest BCUT2D eigenvalue weighted by Gasteiger charge is -1.91. The largest absolute Gasteiger partial charge is 1.00 e. The van der Waals surface area contributed by atoms with Gasteiger partial charge in [0.2, 0.25) is 6.54 Å². The van der Waals surface area contributed by atoms with Crippen molar-refractivity contribution in [2.75, 3.05) is 0 Å². The highest BCUT2D eigenvalue weighted by atomic mass is 35.5. The summed E-state index contributed by atoms with van der Waals surface area (Å²) in [4.78, 5) is 7.84. The van der Waals surface area contributed by atoms with Crippen molar-refractivity contribution in [1.29, 1.82) is 0 Å². The van der Waals surface area contributed by atoms with E-state index in [1.807, 2.05) is 54.9 Å².